The number of furan rings is 3. The molecule has 3 heterocycles. The van der Waals surface area contributed by atoms with Crippen molar-refractivity contribution in [2.75, 3.05) is 40.9 Å². The molecule has 22 nitrogen and oxygen atoms in total. The number of aryl methyl sites for hydroxylation is 3. The summed E-state index contributed by atoms with van der Waals surface area (Å²) in [5, 5.41) is 48.2. The number of phenols is 2. The molecule has 0 saturated heterocycles. The van der Waals surface area contributed by atoms with Crippen LogP contribution in [-0.4, -0.2) is 126 Å². The molecule has 0 saturated carbocycles. The number of alkyl halides is 2. The van der Waals surface area contributed by atoms with Gasteiger partial charge in [0.05, 0.1) is 46.0 Å². The van der Waals surface area contributed by atoms with Crippen molar-refractivity contribution in [2.24, 2.45) is 0 Å². The van der Waals surface area contributed by atoms with E-state index < -0.39 is 56.6 Å². The Balaban J connectivity index is -0.000000216. The smallest absolute Gasteiger partial charge is 1.00 e. The van der Waals surface area contributed by atoms with E-state index in [2.05, 4.69) is 64.9 Å². The molecule has 0 fully saturated rings. The maximum absolute atomic E-state index is 12.6. The van der Waals surface area contributed by atoms with Crippen molar-refractivity contribution in [3.05, 3.63) is 227 Å². The van der Waals surface area contributed by atoms with Gasteiger partial charge in [-0.1, -0.05) is 89.3 Å². The van der Waals surface area contributed by atoms with E-state index in [4.69, 9.17) is 140 Å². The van der Waals surface area contributed by atoms with Gasteiger partial charge in [-0.2, -0.15) is 0 Å². The van der Waals surface area contributed by atoms with Gasteiger partial charge in [-0.25, -0.2) is 41.4 Å². The van der Waals surface area contributed by atoms with Gasteiger partial charge in [0, 0.05) is 85.2 Å². The number of carbonyl (C=O) groups is 7. The summed E-state index contributed by atoms with van der Waals surface area (Å²) in [5.74, 6) is -2.80. The zero-order valence-electron chi connectivity index (χ0n) is 58.9. The van der Waals surface area contributed by atoms with Crippen LogP contribution in [-0.2, 0) is 55.0 Å². The van der Waals surface area contributed by atoms with Crippen LogP contribution in [0.3, 0.4) is 0 Å². The minimum absolute atomic E-state index is 0. The number of hydrogen-bond acceptors (Lipinski definition) is 20. The first-order valence-electron chi connectivity index (χ1n) is 27.1. The van der Waals surface area contributed by atoms with Crippen LogP contribution >= 0.6 is 114 Å². The van der Waals surface area contributed by atoms with Gasteiger partial charge in [-0.15, -0.1) is 23.2 Å². The first-order chi connectivity index (χ1) is 47.9. The van der Waals surface area contributed by atoms with Gasteiger partial charge in [-0.05, 0) is 124 Å². The number of ether oxygens (including phenoxy) is 5. The second-order valence-electron chi connectivity index (χ2n) is 18.6. The molecule has 0 radical (unpaired) electrons. The number of carbonyl (C=O) groups excluding carboxylic acids is 5. The summed E-state index contributed by atoms with van der Waals surface area (Å²) in [6.07, 6.45) is -0.198. The molecule has 106 heavy (non-hydrogen) atoms. The van der Waals surface area contributed by atoms with E-state index in [1.165, 1.54) is 83.0 Å². The van der Waals surface area contributed by atoms with Crippen molar-refractivity contribution in [1.29, 1.82) is 0 Å². The number of methoxy groups -OCH3 is 4. The summed E-state index contributed by atoms with van der Waals surface area (Å²) in [6, 6.07) is 26.8. The Morgan fingerprint density at radius 2 is 0.877 bits per heavy atom. The van der Waals surface area contributed by atoms with Crippen molar-refractivity contribution in [3.63, 3.8) is 0 Å². The van der Waals surface area contributed by atoms with Crippen LogP contribution in [0.1, 0.15) is 83.1 Å². The van der Waals surface area contributed by atoms with E-state index in [9.17, 15) is 47.4 Å². The number of halogens is 13. The molecule has 0 bridgehead atoms. The maximum atomic E-state index is 12.6. The van der Waals surface area contributed by atoms with Crippen molar-refractivity contribution in [1.82, 2.24) is 0 Å². The molecule has 40 heteroatoms. The molecule has 0 atom stereocenters. The van der Waals surface area contributed by atoms with Crippen molar-refractivity contribution < 1.29 is 243 Å². The van der Waals surface area contributed by atoms with Gasteiger partial charge in [0.1, 0.15) is 97.4 Å². The Bertz CT molecular complexity index is 4410. The quantitative estimate of drug-likeness (QED) is 0.0122. The van der Waals surface area contributed by atoms with Crippen LogP contribution in [0.5, 0.6) is 17.2 Å². The molecule has 0 unspecified atom stereocenters. The third-order valence-electron chi connectivity index (χ3n) is 11.2. The average Bonchev–Trinajstić information content (AvgIpc) is 1.51. The van der Waals surface area contributed by atoms with Gasteiger partial charge in [-0.3, -0.25) is 9.59 Å². The fourth-order valence-corrected chi connectivity index (χ4v) is 8.91. The van der Waals surface area contributed by atoms with Gasteiger partial charge in [0.2, 0.25) is 9.23 Å². The predicted octanol–water partition coefficient (Wildman–Crippen LogP) is 9.03. The van der Waals surface area contributed by atoms with Crippen LogP contribution in [0.25, 0.3) is 32.9 Å². The third-order valence-corrected chi connectivity index (χ3v) is 13.1. The molecule has 0 amide bonds. The van der Waals surface area contributed by atoms with Crippen molar-refractivity contribution >= 4 is 216 Å². The summed E-state index contributed by atoms with van der Waals surface area (Å²) < 4.78 is 84.6. The fourth-order valence-electron chi connectivity index (χ4n) is 7.42. The number of carboxylic acid groups (broad SMARTS) is 2. The standard InChI is InChI=1S/2C11H10ClFO3.C11H9ClO3.C10H8Cl2O.C10H7ClO3.C8H7ClO3.C3H4ClF.CH2O3.CH2O2.Al.Cl2OS.2K.Li.5H/c1-6(13)3-7-4-8(12)5-9(10(7)14)11(15)16-2;1-7(13)6-16-10-4-3-8(12)5-9(10)11(14)15-2;1-6-3-7-4-8(12)5-9(10(7)15-6)11(13)14-2;1-6-2-7-3-9(12)4-8(5-11)10(7)13-6;1-5-2-6-3-7(11)4-8(10(12)13)9(6)14-5;1-12-8(11)6-4-5(9)2-3-7(6)10;1-3(5)2-4;2-1-4-3;2-1-3;;1-4(2)3;;;;;;;;/h4-5,14H,1,3H2,2H3;3-5H,1,6H2,2H3;3-5H,1-2H3;2-4H,5H2,1H3;2-4H,1H3,(H,12,13);2-4,10H,1H3;1-2H2;1,3H;1H,(H,2,3);;;;;;;;;;/q;;;;;;;;;;;3*+1;;;;2*-1/p-1. The van der Waals surface area contributed by atoms with E-state index in [1.54, 1.807) is 31.2 Å². The van der Waals surface area contributed by atoms with Gasteiger partial charge in [0.25, 0.3) is 12.9 Å². The van der Waals surface area contributed by atoms with E-state index in [1.807, 2.05) is 38.1 Å². The second kappa shape index (κ2) is 59.8. The molecule has 4 N–H and O–H groups in total. The molecule has 0 aliphatic carbocycles. The maximum Gasteiger partial charge on any atom is 1.00 e. The number of rotatable bonds is 13. The zero-order valence-corrected chi connectivity index (χ0v) is 71.5. The van der Waals surface area contributed by atoms with Crippen LogP contribution < -0.4 is 132 Å². The summed E-state index contributed by atoms with van der Waals surface area (Å²) in [4.78, 5) is 75.5. The minimum atomic E-state index is -1.67. The average molecular weight is 1760 g/mol. The topological polar surface area (TPSA) is 335 Å². The summed E-state index contributed by atoms with van der Waals surface area (Å²) in [6.45, 7) is 13.7. The number of carboxylic acids is 1. The first-order valence-corrected chi connectivity index (χ1v) is 33.2. The fraction of sp³-hybridized carbons (Fsp3) is 0.167. The predicted molar refractivity (Wildman–Crippen MR) is 396 cm³/mol. The molecule has 0 aliphatic rings. The zero-order chi connectivity index (χ0) is 78.3. The molecule has 0 aliphatic heterocycles. The van der Waals surface area contributed by atoms with Gasteiger partial charge >= 0.3 is 151 Å². The Hall–Kier alpha value is -3.95. The second-order valence-corrected chi connectivity index (χ2v) is 24.3. The molecule has 0 spiro atoms. The van der Waals surface area contributed by atoms with Crippen molar-refractivity contribution in [2.45, 2.75) is 33.1 Å². The van der Waals surface area contributed by atoms with Crippen LogP contribution in [0, 0.1) is 20.8 Å². The normalized spacial score (nSPS) is 9.30. The van der Waals surface area contributed by atoms with Crippen LogP contribution in [0.4, 0.5) is 13.2 Å². The number of allylic oxidation sites excluding steroid dienone is 2. The van der Waals surface area contributed by atoms with Crippen LogP contribution in [0.2, 0.25) is 30.1 Å². The van der Waals surface area contributed by atoms with Crippen LogP contribution in [0.15, 0.2) is 154 Å². The van der Waals surface area contributed by atoms with E-state index >= 15 is 0 Å². The van der Waals surface area contributed by atoms with E-state index in [-0.39, 0.29) is 224 Å². The Labute approximate surface area is 766 Å². The van der Waals surface area contributed by atoms with Crippen molar-refractivity contribution in [3.8, 4) is 17.2 Å². The Morgan fingerprint density at radius 3 is 1.27 bits per heavy atom. The summed E-state index contributed by atoms with van der Waals surface area (Å²) in [5.41, 5.74) is 3.46. The number of phenolic OH excluding ortho intramolecular Hbond substituents is 2. The molecule has 562 valence electrons. The molecule has 9 rings (SSSR count). The van der Waals surface area contributed by atoms with E-state index in [0.717, 1.165) is 33.4 Å². The number of benzene rings is 6. The molecular formula is C66H63AlCl10F3K2LiO22S. The monoisotopic (exact) mass is 1760 g/mol. The largest absolute Gasteiger partial charge is 1.00 e. The third kappa shape index (κ3) is 42.5. The Kier molecular flexibility index (Phi) is 62.4. The van der Waals surface area contributed by atoms with E-state index in [0.29, 0.717) is 58.9 Å². The molecule has 3 aromatic heterocycles. The summed E-state index contributed by atoms with van der Waals surface area (Å²) in [7, 11) is 12.3. The number of aromatic carboxylic acids is 1. The SMILES string of the molecule is C=C(F)CCl.C=C(F)COc1ccc(Cl)cc1C(=O)OC.C=C(F)Cc1cc(Cl)cc(C(=O)OC)c1O.COC(=O)c1cc(Cl)cc2cc(C)oc12.COC(=O)c1cc(Cl)ccc1O.Cc1cc2cc(Cl)cc(C(=O)O)c2o1.Cc1cc2cc(Cl)cc(CCl)c2o1.O=CO.O=CO[O-].O=S(Cl)Cl.[AlH3].[H-].[H-].[K+].[K+].[Li+]. The number of hydrogen-bond donors (Lipinski definition) is 4. The molecule has 6 aromatic carbocycles. The number of fused-ring (bicyclic) bond motifs is 3. The summed E-state index contributed by atoms with van der Waals surface area (Å²) >= 11 is 45.3. The Morgan fingerprint density at radius 1 is 0.547 bits per heavy atom. The first kappa shape index (κ1) is 111. The number of esters is 4. The molecule has 9 aromatic rings. The number of aromatic hydroxyl groups is 2. The van der Waals surface area contributed by atoms with Gasteiger partial charge < -0.3 is 70.4 Å². The molecular weight excluding hydrogens is 1700 g/mol. The minimum Gasteiger partial charge on any atom is -1.00 e. The van der Waals surface area contributed by atoms with Gasteiger partial charge in [0.15, 0.2) is 17.4 Å².